The Balaban J connectivity index is 2.85. The summed E-state index contributed by atoms with van der Waals surface area (Å²) < 4.78 is 1.55. The SMILES string of the molecule is CN(N)C(=O)c1cnn(C)c1. The van der Waals surface area contributed by atoms with E-state index in [2.05, 4.69) is 5.10 Å². The Labute approximate surface area is 64.4 Å². The van der Waals surface area contributed by atoms with E-state index in [9.17, 15) is 4.79 Å². The number of hydrazine groups is 1. The maximum absolute atomic E-state index is 11.1. The summed E-state index contributed by atoms with van der Waals surface area (Å²) >= 11 is 0. The molecular formula is C6H10N4O. The normalized spacial score (nSPS) is 9.73. The molecule has 1 heterocycles. The molecule has 0 aliphatic heterocycles. The minimum atomic E-state index is -0.238. The third-order valence-electron chi connectivity index (χ3n) is 1.27. The zero-order chi connectivity index (χ0) is 8.43. The minimum Gasteiger partial charge on any atom is -0.280 e. The van der Waals surface area contributed by atoms with Crippen LogP contribution in [0.4, 0.5) is 0 Å². The van der Waals surface area contributed by atoms with Crippen molar-refractivity contribution in [2.75, 3.05) is 7.05 Å². The molecule has 5 nitrogen and oxygen atoms in total. The maximum atomic E-state index is 11.1. The lowest BCUT2D eigenvalue weighted by Crippen LogP contribution is -2.32. The smallest absolute Gasteiger partial charge is 0.270 e. The van der Waals surface area contributed by atoms with Gasteiger partial charge in [0, 0.05) is 20.3 Å². The van der Waals surface area contributed by atoms with Crippen molar-refractivity contribution in [3.63, 3.8) is 0 Å². The summed E-state index contributed by atoms with van der Waals surface area (Å²) in [6, 6.07) is 0. The lowest BCUT2D eigenvalue weighted by Gasteiger charge is -2.06. The fourth-order valence-electron chi connectivity index (χ4n) is 0.735. The number of aromatic nitrogens is 2. The molecule has 0 saturated carbocycles. The van der Waals surface area contributed by atoms with Crippen molar-refractivity contribution in [3.05, 3.63) is 18.0 Å². The number of carbonyl (C=O) groups is 1. The lowest BCUT2D eigenvalue weighted by molar-refractivity contribution is 0.0795. The van der Waals surface area contributed by atoms with Crippen LogP contribution in [0.3, 0.4) is 0 Å². The zero-order valence-electron chi connectivity index (χ0n) is 6.48. The van der Waals surface area contributed by atoms with Gasteiger partial charge in [-0.05, 0) is 0 Å². The number of aryl methyl sites for hydroxylation is 1. The van der Waals surface area contributed by atoms with E-state index in [-0.39, 0.29) is 5.91 Å². The summed E-state index contributed by atoms with van der Waals surface area (Å²) in [6.07, 6.45) is 3.09. The first-order valence-corrected chi connectivity index (χ1v) is 3.12. The highest BCUT2D eigenvalue weighted by molar-refractivity contribution is 5.93. The molecule has 60 valence electrons. The molecule has 1 amide bonds. The highest BCUT2D eigenvalue weighted by atomic mass is 16.2. The zero-order valence-corrected chi connectivity index (χ0v) is 6.48. The van der Waals surface area contributed by atoms with Crippen LogP contribution < -0.4 is 5.84 Å². The first-order chi connectivity index (χ1) is 5.11. The van der Waals surface area contributed by atoms with Gasteiger partial charge in [-0.3, -0.25) is 14.5 Å². The van der Waals surface area contributed by atoms with Crippen molar-refractivity contribution in [2.24, 2.45) is 12.9 Å². The van der Waals surface area contributed by atoms with Crippen LogP contribution >= 0.6 is 0 Å². The largest absolute Gasteiger partial charge is 0.280 e. The molecule has 0 unspecified atom stereocenters. The van der Waals surface area contributed by atoms with Crippen molar-refractivity contribution in [1.29, 1.82) is 0 Å². The van der Waals surface area contributed by atoms with Gasteiger partial charge in [0.05, 0.1) is 11.8 Å². The Morgan fingerprint density at radius 2 is 2.45 bits per heavy atom. The van der Waals surface area contributed by atoms with E-state index in [0.717, 1.165) is 5.01 Å². The Bertz CT molecular complexity index is 265. The van der Waals surface area contributed by atoms with Gasteiger partial charge in [0.15, 0.2) is 0 Å². The van der Waals surface area contributed by atoms with Gasteiger partial charge in [-0.2, -0.15) is 5.10 Å². The highest BCUT2D eigenvalue weighted by Crippen LogP contribution is 1.97. The van der Waals surface area contributed by atoms with E-state index in [1.165, 1.54) is 13.2 Å². The molecule has 0 atom stereocenters. The molecule has 0 aliphatic rings. The summed E-state index contributed by atoms with van der Waals surface area (Å²) in [5.41, 5.74) is 0.498. The molecule has 2 N–H and O–H groups in total. The van der Waals surface area contributed by atoms with Gasteiger partial charge in [-0.25, -0.2) is 5.84 Å². The molecule has 0 aromatic carbocycles. The molecule has 0 radical (unpaired) electrons. The molecule has 1 aromatic heterocycles. The van der Waals surface area contributed by atoms with E-state index in [1.807, 2.05) is 0 Å². The quantitative estimate of drug-likeness (QED) is 0.332. The number of amides is 1. The third kappa shape index (κ3) is 1.56. The standard InChI is InChI=1S/C6H10N4O/c1-9-4-5(3-8-9)6(11)10(2)7/h3-4H,7H2,1-2H3. The monoisotopic (exact) mass is 154 g/mol. The fraction of sp³-hybridized carbons (Fsp3) is 0.333. The average Bonchev–Trinajstić information content (AvgIpc) is 2.34. The van der Waals surface area contributed by atoms with Crippen LogP contribution in [0.25, 0.3) is 0 Å². The topological polar surface area (TPSA) is 64.2 Å². The van der Waals surface area contributed by atoms with Crippen LogP contribution in [-0.4, -0.2) is 27.7 Å². The Hall–Kier alpha value is -1.36. The number of carbonyl (C=O) groups excluding carboxylic acids is 1. The Kier molecular flexibility index (Phi) is 1.91. The van der Waals surface area contributed by atoms with Crippen LogP contribution in [0, 0.1) is 0 Å². The summed E-state index contributed by atoms with van der Waals surface area (Å²) in [5.74, 6) is 4.99. The molecule has 1 aromatic rings. The summed E-state index contributed by atoms with van der Waals surface area (Å²) in [5, 5.41) is 4.86. The molecule has 11 heavy (non-hydrogen) atoms. The molecule has 0 aliphatic carbocycles. The number of rotatable bonds is 1. The second-order valence-electron chi connectivity index (χ2n) is 2.32. The second kappa shape index (κ2) is 2.71. The predicted molar refractivity (Wildman–Crippen MR) is 39.5 cm³/mol. The van der Waals surface area contributed by atoms with Crippen molar-refractivity contribution < 1.29 is 4.79 Å². The van der Waals surface area contributed by atoms with Gasteiger partial charge < -0.3 is 0 Å². The number of hydrogen-bond acceptors (Lipinski definition) is 3. The number of nitrogens with zero attached hydrogens (tertiary/aromatic N) is 3. The molecule has 0 fully saturated rings. The van der Waals surface area contributed by atoms with Crippen molar-refractivity contribution >= 4 is 5.91 Å². The predicted octanol–water partition coefficient (Wildman–Crippen LogP) is -0.634. The van der Waals surface area contributed by atoms with Gasteiger partial charge in [0.2, 0.25) is 0 Å². The van der Waals surface area contributed by atoms with Gasteiger partial charge in [-0.1, -0.05) is 0 Å². The van der Waals surface area contributed by atoms with Crippen LogP contribution in [0.15, 0.2) is 12.4 Å². The maximum Gasteiger partial charge on any atom is 0.270 e. The minimum absolute atomic E-state index is 0.238. The number of hydrogen-bond donors (Lipinski definition) is 1. The van der Waals surface area contributed by atoms with Crippen LogP contribution in [0.5, 0.6) is 0 Å². The van der Waals surface area contributed by atoms with E-state index < -0.39 is 0 Å². The molecule has 1 rings (SSSR count). The molecule has 0 bridgehead atoms. The van der Waals surface area contributed by atoms with Crippen molar-refractivity contribution in [3.8, 4) is 0 Å². The van der Waals surface area contributed by atoms with Gasteiger partial charge in [0.1, 0.15) is 0 Å². The van der Waals surface area contributed by atoms with Gasteiger partial charge in [0.25, 0.3) is 5.91 Å². The lowest BCUT2D eigenvalue weighted by atomic mass is 10.3. The Morgan fingerprint density at radius 3 is 2.82 bits per heavy atom. The van der Waals surface area contributed by atoms with Crippen molar-refractivity contribution in [1.82, 2.24) is 14.8 Å². The summed E-state index contributed by atoms with van der Waals surface area (Å²) in [4.78, 5) is 11.1. The fourth-order valence-corrected chi connectivity index (χ4v) is 0.735. The van der Waals surface area contributed by atoms with Gasteiger partial charge in [-0.15, -0.1) is 0 Å². The van der Waals surface area contributed by atoms with Crippen LogP contribution in [0.2, 0.25) is 0 Å². The van der Waals surface area contributed by atoms with E-state index >= 15 is 0 Å². The van der Waals surface area contributed by atoms with Gasteiger partial charge >= 0.3 is 0 Å². The third-order valence-corrected chi connectivity index (χ3v) is 1.27. The summed E-state index contributed by atoms with van der Waals surface area (Å²) in [6.45, 7) is 0. The molecular weight excluding hydrogens is 144 g/mol. The average molecular weight is 154 g/mol. The molecule has 0 saturated heterocycles. The number of nitrogens with two attached hydrogens (primary N) is 1. The highest BCUT2D eigenvalue weighted by Gasteiger charge is 2.09. The summed E-state index contributed by atoms with van der Waals surface area (Å²) in [7, 11) is 3.24. The van der Waals surface area contributed by atoms with Crippen LogP contribution in [0.1, 0.15) is 10.4 Å². The van der Waals surface area contributed by atoms with E-state index in [4.69, 9.17) is 5.84 Å². The van der Waals surface area contributed by atoms with E-state index in [0.29, 0.717) is 5.56 Å². The Morgan fingerprint density at radius 1 is 1.82 bits per heavy atom. The molecule has 5 heteroatoms. The van der Waals surface area contributed by atoms with Crippen LogP contribution in [-0.2, 0) is 7.05 Å². The first-order valence-electron chi connectivity index (χ1n) is 3.12. The van der Waals surface area contributed by atoms with E-state index in [1.54, 1.807) is 17.9 Å². The second-order valence-corrected chi connectivity index (χ2v) is 2.32. The van der Waals surface area contributed by atoms with Crippen molar-refractivity contribution in [2.45, 2.75) is 0 Å². The molecule has 0 spiro atoms. The first kappa shape index (κ1) is 7.74.